The summed E-state index contributed by atoms with van der Waals surface area (Å²) in [6.07, 6.45) is 0.658. The maximum atomic E-state index is 11.6. The molecular weight excluding hydrogens is 300 g/mol. The fourth-order valence-corrected chi connectivity index (χ4v) is 3.43. The van der Waals surface area contributed by atoms with Crippen LogP contribution in [-0.2, 0) is 14.9 Å². The van der Waals surface area contributed by atoms with Crippen molar-refractivity contribution in [2.75, 3.05) is 7.11 Å². The Bertz CT molecular complexity index is 731. The van der Waals surface area contributed by atoms with Crippen molar-refractivity contribution in [1.29, 1.82) is 0 Å². The Morgan fingerprint density at radius 1 is 1.14 bits per heavy atom. The van der Waals surface area contributed by atoms with E-state index in [2.05, 4.69) is 0 Å². The molecule has 0 aromatic carbocycles. The van der Waals surface area contributed by atoms with Gasteiger partial charge in [0.25, 0.3) is 10.1 Å². The molecule has 4 nitrogen and oxygen atoms in total. The van der Waals surface area contributed by atoms with Gasteiger partial charge in [0.2, 0.25) is 0 Å². The predicted octanol–water partition coefficient (Wildman–Crippen LogP) is 4.26. The highest BCUT2D eigenvalue weighted by Gasteiger charge is 2.24. The molecule has 5 heteroatoms. The van der Waals surface area contributed by atoms with Crippen LogP contribution in [0.3, 0.4) is 0 Å². The summed E-state index contributed by atoms with van der Waals surface area (Å²) in [5, 5.41) is 0. The van der Waals surface area contributed by atoms with Gasteiger partial charge in [0.05, 0.1) is 6.10 Å². The van der Waals surface area contributed by atoms with Crippen LogP contribution in [0.5, 0.6) is 0 Å². The first-order chi connectivity index (χ1) is 10.3. The highest BCUT2D eigenvalue weighted by molar-refractivity contribution is 7.86. The molecule has 0 aromatic heterocycles. The molecule has 0 saturated carbocycles. The third kappa shape index (κ3) is 3.16. The van der Waals surface area contributed by atoms with Crippen molar-refractivity contribution in [2.45, 2.75) is 44.1 Å². The molecule has 0 saturated heterocycles. The van der Waals surface area contributed by atoms with Gasteiger partial charge < -0.3 is 4.74 Å². The van der Waals surface area contributed by atoms with E-state index in [1.165, 1.54) is 6.07 Å². The van der Waals surface area contributed by atoms with Crippen molar-refractivity contribution in [1.82, 2.24) is 0 Å². The minimum Gasteiger partial charge on any atom is -0.377 e. The van der Waals surface area contributed by atoms with Gasteiger partial charge in [-0.1, -0.05) is 39.0 Å². The SMILES string of the molecule is CCC(OC)c1ccc(C(C)C)cc2c(S(=O)(=O)O)ccc1-2. The van der Waals surface area contributed by atoms with Crippen LogP contribution in [0.15, 0.2) is 35.2 Å². The summed E-state index contributed by atoms with van der Waals surface area (Å²) in [6, 6.07) is 9.02. The van der Waals surface area contributed by atoms with Crippen molar-refractivity contribution >= 4 is 10.1 Å². The zero-order valence-electron chi connectivity index (χ0n) is 13.3. The lowest BCUT2D eigenvalue weighted by atomic mass is 10.0. The molecule has 0 spiro atoms. The molecule has 2 aliphatic rings. The van der Waals surface area contributed by atoms with E-state index in [-0.39, 0.29) is 16.9 Å². The summed E-state index contributed by atoms with van der Waals surface area (Å²) < 4.78 is 38.3. The fraction of sp³-hybridized carbons (Fsp3) is 0.412. The van der Waals surface area contributed by atoms with Crippen LogP contribution >= 0.6 is 0 Å². The van der Waals surface area contributed by atoms with Gasteiger partial charge in [-0.25, -0.2) is 0 Å². The van der Waals surface area contributed by atoms with Crippen LogP contribution in [0.1, 0.15) is 50.3 Å². The van der Waals surface area contributed by atoms with Gasteiger partial charge in [0.1, 0.15) is 4.90 Å². The number of ether oxygens (including phenoxy) is 1. The second-order valence-corrected chi connectivity index (χ2v) is 7.11. The van der Waals surface area contributed by atoms with Crippen LogP contribution in [0.4, 0.5) is 0 Å². The van der Waals surface area contributed by atoms with E-state index < -0.39 is 10.1 Å². The van der Waals surface area contributed by atoms with E-state index in [0.717, 1.165) is 23.1 Å². The van der Waals surface area contributed by atoms with Crippen molar-refractivity contribution in [3.63, 3.8) is 0 Å². The molecule has 1 atom stereocenters. The van der Waals surface area contributed by atoms with E-state index >= 15 is 0 Å². The Balaban J connectivity index is 2.79. The molecule has 1 unspecified atom stereocenters. The van der Waals surface area contributed by atoms with E-state index in [1.807, 2.05) is 39.0 Å². The molecular formula is C17H22O4S. The molecule has 2 aliphatic carbocycles. The van der Waals surface area contributed by atoms with Gasteiger partial charge in [-0.15, -0.1) is 0 Å². The highest BCUT2D eigenvalue weighted by atomic mass is 32.2. The standard InChI is InChI=1S/C17H22O4S/c1-5-16(21-4)14-7-6-12(11(2)3)10-15-13(14)8-9-17(15)22(18,19)20/h6-11,16H,5H2,1-4H3,(H,18,19,20). The minimum absolute atomic E-state index is 0.0483. The number of hydrogen-bond donors (Lipinski definition) is 1. The van der Waals surface area contributed by atoms with E-state index in [4.69, 9.17) is 4.74 Å². The summed E-state index contributed by atoms with van der Waals surface area (Å²) in [6.45, 7) is 6.11. The van der Waals surface area contributed by atoms with Crippen molar-refractivity contribution in [3.8, 4) is 11.1 Å². The average molecular weight is 322 g/mol. The van der Waals surface area contributed by atoms with Gasteiger partial charge in [-0.2, -0.15) is 8.42 Å². The van der Waals surface area contributed by atoms with E-state index in [0.29, 0.717) is 5.56 Å². The van der Waals surface area contributed by atoms with E-state index in [1.54, 1.807) is 13.2 Å². The molecule has 120 valence electrons. The smallest absolute Gasteiger partial charge is 0.295 e. The second kappa shape index (κ2) is 6.36. The number of rotatable bonds is 5. The molecule has 0 radical (unpaired) electrons. The maximum absolute atomic E-state index is 11.6. The Labute approximate surface area is 132 Å². The first-order valence-corrected chi connectivity index (χ1v) is 8.80. The van der Waals surface area contributed by atoms with Crippen molar-refractivity contribution in [2.24, 2.45) is 0 Å². The Hall–Kier alpha value is -1.43. The zero-order valence-corrected chi connectivity index (χ0v) is 14.1. The molecule has 1 N–H and O–H groups in total. The van der Waals surface area contributed by atoms with Crippen molar-refractivity contribution < 1.29 is 17.7 Å². The first kappa shape index (κ1) is 16.9. The van der Waals surface area contributed by atoms with Gasteiger partial charge in [-0.3, -0.25) is 4.55 Å². The van der Waals surface area contributed by atoms with Crippen LogP contribution in [-0.4, -0.2) is 20.1 Å². The highest BCUT2D eigenvalue weighted by Crippen LogP contribution is 2.39. The van der Waals surface area contributed by atoms with Crippen LogP contribution in [0.2, 0.25) is 0 Å². The lowest BCUT2D eigenvalue weighted by molar-refractivity contribution is 0.101. The van der Waals surface area contributed by atoms with Crippen LogP contribution in [0, 0.1) is 0 Å². The first-order valence-electron chi connectivity index (χ1n) is 7.36. The van der Waals surface area contributed by atoms with Gasteiger partial charge in [0, 0.05) is 12.7 Å². The third-order valence-electron chi connectivity index (χ3n) is 3.98. The fourth-order valence-electron chi connectivity index (χ4n) is 2.74. The Kier molecular flexibility index (Phi) is 4.90. The molecule has 2 rings (SSSR count). The lowest BCUT2D eigenvalue weighted by Crippen LogP contribution is -2.01. The summed E-state index contributed by atoms with van der Waals surface area (Å²) in [5.74, 6) is 0.246. The number of hydrogen-bond acceptors (Lipinski definition) is 3. The molecule has 0 fully saturated rings. The third-order valence-corrected chi connectivity index (χ3v) is 4.89. The molecule has 0 aliphatic heterocycles. The monoisotopic (exact) mass is 322 g/mol. The predicted molar refractivity (Wildman–Crippen MR) is 87.0 cm³/mol. The zero-order chi connectivity index (χ0) is 16.5. The van der Waals surface area contributed by atoms with Crippen LogP contribution in [0.25, 0.3) is 11.1 Å². The molecule has 0 amide bonds. The van der Waals surface area contributed by atoms with Gasteiger partial charge in [-0.05, 0) is 41.2 Å². The quantitative estimate of drug-likeness (QED) is 0.835. The average Bonchev–Trinajstić information content (AvgIpc) is 2.76. The number of methoxy groups -OCH3 is 1. The molecule has 0 aromatic rings. The minimum atomic E-state index is -4.26. The normalized spacial score (nSPS) is 13.7. The summed E-state index contributed by atoms with van der Waals surface area (Å²) in [4.78, 5) is -0.0483. The van der Waals surface area contributed by atoms with Crippen LogP contribution < -0.4 is 0 Å². The number of fused-ring (bicyclic) bond motifs is 1. The Morgan fingerprint density at radius 3 is 2.32 bits per heavy atom. The molecule has 0 bridgehead atoms. The summed E-state index contributed by atoms with van der Waals surface area (Å²) >= 11 is 0. The molecule has 0 heterocycles. The Morgan fingerprint density at radius 2 is 1.82 bits per heavy atom. The summed E-state index contributed by atoms with van der Waals surface area (Å²) in [5.41, 5.74) is 3.29. The maximum Gasteiger partial charge on any atom is 0.295 e. The lowest BCUT2D eigenvalue weighted by Gasteiger charge is -2.15. The largest absolute Gasteiger partial charge is 0.377 e. The van der Waals surface area contributed by atoms with Gasteiger partial charge >= 0.3 is 0 Å². The molecule has 22 heavy (non-hydrogen) atoms. The summed E-state index contributed by atoms with van der Waals surface area (Å²) in [7, 11) is -2.61. The van der Waals surface area contributed by atoms with Gasteiger partial charge in [0.15, 0.2) is 0 Å². The van der Waals surface area contributed by atoms with E-state index in [9.17, 15) is 13.0 Å². The second-order valence-electron chi connectivity index (χ2n) is 5.72. The van der Waals surface area contributed by atoms with Crippen molar-refractivity contribution in [3.05, 3.63) is 41.5 Å². The topological polar surface area (TPSA) is 63.6 Å².